The fourth-order valence-electron chi connectivity index (χ4n) is 6.00. The van der Waals surface area contributed by atoms with Crippen molar-refractivity contribution in [2.24, 2.45) is 0 Å². The lowest BCUT2D eigenvalue weighted by Crippen LogP contribution is -2.29. The van der Waals surface area contributed by atoms with Gasteiger partial charge in [-0.3, -0.25) is 19.9 Å². The summed E-state index contributed by atoms with van der Waals surface area (Å²) in [5.74, 6) is 0. The number of halogens is 1. The summed E-state index contributed by atoms with van der Waals surface area (Å²) in [6.45, 7) is 8.65. The second kappa shape index (κ2) is 16.5. The third kappa shape index (κ3) is 7.99. The lowest BCUT2D eigenvalue weighted by atomic mass is 9.82. The molecule has 0 aliphatic rings. The zero-order valence-electron chi connectivity index (χ0n) is 28.2. The summed E-state index contributed by atoms with van der Waals surface area (Å²) in [7, 11) is -1.40. The van der Waals surface area contributed by atoms with Crippen molar-refractivity contribution >= 4 is 50.3 Å². The highest BCUT2D eigenvalue weighted by Gasteiger charge is 2.14. The average Bonchev–Trinajstić information content (AvgIpc) is 3.56. The van der Waals surface area contributed by atoms with Gasteiger partial charge in [0, 0.05) is 74.8 Å². The molecule has 2 N–H and O–H groups in total. The number of benzene rings is 2. The molecule has 8 rings (SSSR count). The first-order valence-electron chi connectivity index (χ1n) is 16.1. The van der Waals surface area contributed by atoms with E-state index < -0.39 is 7.12 Å². The molecule has 0 aliphatic carbocycles. The van der Waals surface area contributed by atoms with Gasteiger partial charge in [-0.15, -0.1) is 0 Å². The zero-order valence-corrected chi connectivity index (χ0v) is 29.8. The van der Waals surface area contributed by atoms with E-state index in [1.807, 2.05) is 36.8 Å². The number of rotatable bonds is 4. The van der Waals surface area contributed by atoms with Crippen LogP contribution in [0.4, 0.5) is 0 Å². The van der Waals surface area contributed by atoms with E-state index in [1.54, 1.807) is 36.9 Å². The summed E-state index contributed by atoms with van der Waals surface area (Å²) in [4.78, 5) is 16.4. The summed E-state index contributed by atoms with van der Waals surface area (Å²) in [5.41, 5.74) is 12.5. The van der Waals surface area contributed by atoms with Crippen LogP contribution in [-0.2, 0) is 0 Å². The van der Waals surface area contributed by atoms with Crippen molar-refractivity contribution in [3.05, 3.63) is 161 Å². The number of nitrogens with zero attached hydrogens (tertiary/aromatic N) is 6. The van der Waals surface area contributed by atoms with Crippen molar-refractivity contribution < 1.29 is 10.0 Å². The molecule has 256 valence electrons. The van der Waals surface area contributed by atoms with Gasteiger partial charge in [0.25, 0.3) is 0 Å². The van der Waals surface area contributed by atoms with Gasteiger partial charge in [-0.2, -0.15) is 0 Å². The molecule has 0 aliphatic heterocycles. The molecular weight excluding hydrogens is 699 g/mol. The Morgan fingerprint density at radius 1 is 0.549 bits per heavy atom. The largest absolute Gasteiger partial charge is 0.490 e. The van der Waals surface area contributed by atoms with Gasteiger partial charge in [0.1, 0.15) is 0 Å². The molecule has 6 aromatic heterocycles. The molecule has 0 amide bonds. The number of aryl methyl sites for hydroxylation is 2. The van der Waals surface area contributed by atoms with Crippen molar-refractivity contribution in [1.82, 2.24) is 29.1 Å². The van der Waals surface area contributed by atoms with Gasteiger partial charge in [-0.25, -0.2) is 0 Å². The first-order chi connectivity index (χ1) is 24.2. The minimum absolute atomic E-state index is 0. The summed E-state index contributed by atoms with van der Waals surface area (Å²) in [5, 5.41) is 19.6. The van der Waals surface area contributed by atoms with Crippen LogP contribution in [0.5, 0.6) is 0 Å². The molecule has 0 spiro atoms. The highest BCUT2D eigenvalue weighted by Crippen LogP contribution is 2.32. The minimum atomic E-state index is -1.40. The average molecular weight is 740 g/mol. The Morgan fingerprint density at radius 3 is 1.49 bits per heavy atom. The molecule has 0 saturated heterocycles. The maximum Gasteiger partial charge on any atom is 0.490 e. The molecule has 6 heterocycles. The van der Waals surface area contributed by atoms with Gasteiger partial charge >= 0.3 is 7.12 Å². The van der Waals surface area contributed by atoms with Gasteiger partial charge in [-0.05, 0) is 111 Å². The Morgan fingerprint density at radius 2 is 1.04 bits per heavy atom. The quantitative estimate of drug-likeness (QED) is 0.176. The maximum absolute atomic E-state index is 8.54. The Kier molecular flexibility index (Phi) is 11.9. The van der Waals surface area contributed by atoms with Crippen LogP contribution in [0.25, 0.3) is 44.3 Å². The van der Waals surface area contributed by atoms with E-state index in [0.717, 1.165) is 21.4 Å². The standard InChI is InChI=1S/C20H17N3.C15H13BrN2.C5H6BNO2.CH4/c1-14-15(2)23(18-6-4-10-22-13-18)20-8-7-16(11-19(14)20)17-5-3-9-21-12-17;1-10-11(2)18(13-4-3-7-17-9-13)15-6-5-12(16)8-14(10)15;8-6(9)5-2-1-3-7-4-5;/h3-13H,1-2H3;3-9H,1-2H3;1-4,8-9H;1H4. The molecule has 10 heteroatoms. The lowest BCUT2D eigenvalue weighted by molar-refractivity contribution is 0.425. The third-order valence-electron chi connectivity index (χ3n) is 8.79. The molecule has 51 heavy (non-hydrogen) atoms. The van der Waals surface area contributed by atoms with Crippen molar-refractivity contribution in [2.75, 3.05) is 0 Å². The molecule has 2 aromatic carbocycles. The van der Waals surface area contributed by atoms with Crippen LogP contribution in [0, 0.1) is 27.7 Å². The molecule has 0 saturated carbocycles. The molecular formula is C41H40BBrN6O2. The van der Waals surface area contributed by atoms with Gasteiger partial charge in [-0.1, -0.05) is 41.6 Å². The Balaban J connectivity index is 0.000000160. The Labute approximate surface area is 307 Å². The molecule has 0 unspecified atom stereocenters. The van der Waals surface area contributed by atoms with E-state index in [0.29, 0.717) is 5.46 Å². The van der Waals surface area contributed by atoms with E-state index >= 15 is 0 Å². The highest BCUT2D eigenvalue weighted by atomic mass is 79.9. The molecule has 0 bridgehead atoms. The zero-order chi connectivity index (χ0) is 35.2. The normalized spacial score (nSPS) is 10.5. The molecule has 0 radical (unpaired) electrons. The van der Waals surface area contributed by atoms with Crippen molar-refractivity contribution in [2.45, 2.75) is 35.1 Å². The SMILES string of the molecule is C.Cc1c(C)n(-c2cccnc2)c2ccc(-c3cccnc3)cc12.Cc1c(C)n(-c2cccnc2)c2ccc(Br)cc12.OB(O)c1cccnc1. The summed E-state index contributed by atoms with van der Waals surface area (Å²) < 4.78 is 5.64. The maximum atomic E-state index is 8.54. The van der Waals surface area contributed by atoms with Crippen LogP contribution in [-0.4, -0.2) is 46.2 Å². The van der Waals surface area contributed by atoms with Gasteiger partial charge < -0.3 is 19.2 Å². The van der Waals surface area contributed by atoms with E-state index in [2.05, 4.69) is 127 Å². The highest BCUT2D eigenvalue weighted by molar-refractivity contribution is 9.10. The van der Waals surface area contributed by atoms with E-state index in [9.17, 15) is 0 Å². The van der Waals surface area contributed by atoms with Gasteiger partial charge in [0.15, 0.2) is 0 Å². The number of hydrogen-bond acceptors (Lipinski definition) is 6. The smallest absolute Gasteiger partial charge is 0.423 e. The minimum Gasteiger partial charge on any atom is -0.423 e. The summed E-state index contributed by atoms with van der Waals surface area (Å²) in [6.07, 6.45) is 14.1. The predicted octanol–water partition coefficient (Wildman–Crippen LogP) is 8.51. The van der Waals surface area contributed by atoms with E-state index in [1.165, 1.54) is 56.1 Å². The van der Waals surface area contributed by atoms with Crippen LogP contribution >= 0.6 is 15.9 Å². The molecule has 0 fully saturated rings. The molecule has 8 aromatic rings. The first-order valence-corrected chi connectivity index (χ1v) is 16.9. The summed E-state index contributed by atoms with van der Waals surface area (Å²) >= 11 is 3.54. The fraction of sp³-hybridized carbons (Fsp3) is 0.122. The number of pyridine rings is 4. The Bertz CT molecular complexity index is 2350. The second-order valence-corrected chi connectivity index (χ2v) is 12.7. The van der Waals surface area contributed by atoms with Crippen molar-refractivity contribution in [1.29, 1.82) is 0 Å². The topological polar surface area (TPSA) is 102 Å². The lowest BCUT2D eigenvalue weighted by Gasteiger charge is -2.08. The predicted molar refractivity (Wildman–Crippen MR) is 213 cm³/mol. The Hall–Kier alpha value is -5.42. The molecule has 0 atom stereocenters. The van der Waals surface area contributed by atoms with E-state index in [-0.39, 0.29) is 7.43 Å². The monoisotopic (exact) mass is 738 g/mol. The molecule has 8 nitrogen and oxygen atoms in total. The first kappa shape index (κ1) is 36.9. The van der Waals surface area contributed by atoms with Crippen LogP contribution in [0.2, 0.25) is 0 Å². The van der Waals surface area contributed by atoms with Crippen LogP contribution in [0.15, 0.2) is 139 Å². The van der Waals surface area contributed by atoms with Crippen molar-refractivity contribution in [3.63, 3.8) is 0 Å². The van der Waals surface area contributed by atoms with Crippen LogP contribution in [0.3, 0.4) is 0 Å². The summed E-state index contributed by atoms with van der Waals surface area (Å²) in [6, 6.07) is 28.4. The van der Waals surface area contributed by atoms with E-state index in [4.69, 9.17) is 10.0 Å². The fourth-order valence-corrected chi connectivity index (χ4v) is 6.36. The number of hydrogen-bond donors (Lipinski definition) is 2. The second-order valence-electron chi connectivity index (χ2n) is 11.8. The third-order valence-corrected chi connectivity index (χ3v) is 9.28. The number of aromatic nitrogens is 6. The van der Waals surface area contributed by atoms with Crippen LogP contribution in [0.1, 0.15) is 29.9 Å². The number of fused-ring (bicyclic) bond motifs is 2. The van der Waals surface area contributed by atoms with Gasteiger partial charge in [0.2, 0.25) is 0 Å². The van der Waals surface area contributed by atoms with Crippen molar-refractivity contribution in [3.8, 4) is 22.5 Å². The van der Waals surface area contributed by atoms with Gasteiger partial charge in [0.05, 0.1) is 34.8 Å². The van der Waals surface area contributed by atoms with Crippen LogP contribution < -0.4 is 5.46 Å².